The number of rotatable bonds is 5. The molecule has 1 rings (SSSR count). The molecule has 1 nitrogen and oxygen atoms in total. The lowest BCUT2D eigenvalue weighted by Gasteiger charge is -2.24. The third-order valence-corrected chi connectivity index (χ3v) is 2.62. The maximum Gasteiger partial charge on any atom is 0.0404 e. The van der Waals surface area contributed by atoms with E-state index in [1.807, 2.05) is 12.2 Å². The number of benzene rings is 1. The Morgan fingerprint density at radius 3 is 2.27 bits per heavy atom. The summed E-state index contributed by atoms with van der Waals surface area (Å²) in [4.78, 5) is 2.27. The van der Waals surface area contributed by atoms with Crippen LogP contribution in [0.2, 0.25) is 0 Å². The van der Waals surface area contributed by atoms with Gasteiger partial charge in [0.2, 0.25) is 0 Å². The first-order chi connectivity index (χ1) is 7.20. The Morgan fingerprint density at radius 1 is 1.13 bits per heavy atom. The Labute approximate surface area is 92.7 Å². The van der Waals surface area contributed by atoms with Gasteiger partial charge in [-0.2, -0.15) is 0 Å². The fraction of sp³-hybridized carbons (Fsp3) is 0.286. The first kappa shape index (κ1) is 11.6. The minimum absolute atomic E-state index is 0.857. The molecule has 0 unspecified atom stereocenters. The Kier molecular flexibility index (Phi) is 4.17. The summed E-state index contributed by atoms with van der Waals surface area (Å²) in [6.07, 6.45) is 3.84. The molecule has 15 heavy (non-hydrogen) atoms. The monoisotopic (exact) mass is 201 g/mol. The summed E-state index contributed by atoms with van der Waals surface area (Å²) >= 11 is 0. The van der Waals surface area contributed by atoms with Crippen LogP contribution < -0.4 is 4.90 Å². The summed E-state index contributed by atoms with van der Waals surface area (Å²) in [5, 5.41) is 0. The van der Waals surface area contributed by atoms with Crippen LogP contribution in [-0.4, -0.2) is 13.1 Å². The predicted molar refractivity (Wildman–Crippen MR) is 68.5 cm³/mol. The van der Waals surface area contributed by atoms with Crippen LogP contribution in [0.5, 0.6) is 0 Å². The SMILES string of the molecule is C=CCN(CC=C)c1cccc(C)c1C. The molecule has 0 radical (unpaired) electrons. The molecule has 0 atom stereocenters. The van der Waals surface area contributed by atoms with Crippen molar-refractivity contribution in [3.8, 4) is 0 Å². The largest absolute Gasteiger partial charge is 0.364 e. The minimum atomic E-state index is 0.857. The molecule has 0 spiro atoms. The Balaban J connectivity index is 3.04. The molecule has 1 aromatic rings. The molecule has 1 heteroatoms. The summed E-state index contributed by atoms with van der Waals surface area (Å²) in [5.41, 5.74) is 3.93. The van der Waals surface area contributed by atoms with Crippen molar-refractivity contribution < 1.29 is 0 Å². The molecule has 0 bridgehead atoms. The van der Waals surface area contributed by atoms with Crippen molar-refractivity contribution in [2.75, 3.05) is 18.0 Å². The molecule has 0 saturated carbocycles. The van der Waals surface area contributed by atoms with E-state index in [1.54, 1.807) is 0 Å². The summed E-state index contributed by atoms with van der Waals surface area (Å²) < 4.78 is 0. The number of nitrogens with zero attached hydrogens (tertiary/aromatic N) is 1. The van der Waals surface area contributed by atoms with E-state index < -0.39 is 0 Å². The second kappa shape index (κ2) is 5.40. The van der Waals surface area contributed by atoms with Gasteiger partial charge in [-0.1, -0.05) is 24.3 Å². The molecule has 1 aromatic carbocycles. The van der Waals surface area contributed by atoms with Crippen LogP contribution in [0.3, 0.4) is 0 Å². The fourth-order valence-corrected chi connectivity index (χ4v) is 1.66. The lowest BCUT2D eigenvalue weighted by molar-refractivity contribution is 0.947. The smallest absolute Gasteiger partial charge is 0.0404 e. The van der Waals surface area contributed by atoms with Gasteiger partial charge >= 0.3 is 0 Å². The zero-order valence-electron chi connectivity index (χ0n) is 9.66. The molecular weight excluding hydrogens is 182 g/mol. The number of hydrogen-bond acceptors (Lipinski definition) is 1. The molecule has 0 amide bonds. The maximum atomic E-state index is 3.78. The first-order valence-electron chi connectivity index (χ1n) is 5.23. The van der Waals surface area contributed by atoms with Crippen molar-refractivity contribution >= 4 is 5.69 Å². The van der Waals surface area contributed by atoms with Crippen molar-refractivity contribution in [3.05, 3.63) is 54.6 Å². The second-order valence-electron chi connectivity index (χ2n) is 3.70. The van der Waals surface area contributed by atoms with E-state index in [1.165, 1.54) is 16.8 Å². The predicted octanol–water partition coefficient (Wildman–Crippen LogP) is 3.48. The maximum absolute atomic E-state index is 3.78. The quantitative estimate of drug-likeness (QED) is 0.659. The standard InChI is InChI=1S/C14H19N/c1-5-10-15(11-6-2)14-9-7-8-12(3)13(14)4/h5-9H,1-2,10-11H2,3-4H3. The third kappa shape index (κ3) is 2.72. The van der Waals surface area contributed by atoms with Gasteiger partial charge in [0, 0.05) is 18.8 Å². The second-order valence-corrected chi connectivity index (χ2v) is 3.70. The van der Waals surface area contributed by atoms with Gasteiger partial charge in [-0.05, 0) is 31.0 Å². The summed E-state index contributed by atoms with van der Waals surface area (Å²) in [7, 11) is 0. The minimum Gasteiger partial charge on any atom is -0.364 e. The van der Waals surface area contributed by atoms with E-state index in [-0.39, 0.29) is 0 Å². The molecule has 0 heterocycles. The van der Waals surface area contributed by atoms with E-state index in [9.17, 15) is 0 Å². The average molecular weight is 201 g/mol. The van der Waals surface area contributed by atoms with Gasteiger partial charge in [0.1, 0.15) is 0 Å². The summed E-state index contributed by atoms with van der Waals surface area (Å²) in [6.45, 7) is 13.6. The van der Waals surface area contributed by atoms with E-state index in [4.69, 9.17) is 0 Å². The highest BCUT2D eigenvalue weighted by atomic mass is 15.1. The lowest BCUT2D eigenvalue weighted by atomic mass is 10.1. The van der Waals surface area contributed by atoms with Crippen LogP contribution in [0.1, 0.15) is 11.1 Å². The third-order valence-electron chi connectivity index (χ3n) is 2.62. The molecule has 0 fully saturated rings. The topological polar surface area (TPSA) is 3.24 Å². The average Bonchev–Trinajstić information content (AvgIpc) is 2.22. The van der Waals surface area contributed by atoms with Crippen LogP contribution in [0, 0.1) is 13.8 Å². The van der Waals surface area contributed by atoms with Gasteiger partial charge < -0.3 is 4.90 Å². The molecular formula is C14H19N. The van der Waals surface area contributed by atoms with Crippen molar-refractivity contribution in [2.45, 2.75) is 13.8 Å². The van der Waals surface area contributed by atoms with Crippen LogP contribution in [0.4, 0.5) is 5.69 Å². The van der Waals surface area contributed by atoms with Gasteiger partial charge in [-0.3, -0.25) is 0 Å². The van der Waals surface area contributed by atoms with Crippen molar-refractivity contribution in [1.29, 1.82) is 0 Å². The van der Waals surface area contributed by atoms with Crippen LogP contribution in [0.15, 0.2) is 43.5 Å². The highest BCUT2D eigenvalue weighted by Gasteiger charge is 2.06. The van der Waals surface area contributed by atoms with E-state index in [0.717, 1.165) is 13.1 Å². The normalized spacial score (nSPS) is 9.73. The van der Waals surface area contributed by atoms with Crippen molar-refractivity contribution in [1.82, 2.24) is 0 Å². The number of aryl methyl sites for hydroxylation is 1. The van der Waals surface area contributed by atoms with Gasteiger partial charge in [-0.25, -0.2) is 0 Å². The van der Waals surface area contributed by atoms with Gasteiger partial charge in [-0.15, -0.1) is 13.2 Å². The molecule has 0 aliphatic heterocycles. The molecule has 0 aliphatic rings. The van der Waals surface area contributed by atoms with E-state index in [2.05, 4.69) is 50.1 Å². The Hall–Kier alpha value is -1.50. The lowest BCUT2D eigenvalue weighted by Crippen LogP contribution is -2.24. The van der Waals surface area contributed by atoms with Gasteiger partial charge in [0.25, 0.3) is 0 Å². The highest BCUT2D eigenvalue weighted by molar-refractivity contribution is 5.56. The van der Waals surface area contributed by atoms with Gasteiger partial charge in [0.05, 0.1) is 0 Å². The molecule has 80 valence electrons. The van der Waals surface area contributed by atoms with Gasteiger partial charge in [0.15, 0.2) is 0 Å². The molecule has 0 saturated heterocycles. The number of anilines is 1. The van der Waals surface area contributed by atoms with Crippen LogP contribution in [0.25, 0.3) is 0 Å². The molecule has 0 N–H and O–H groups in total. The fourth-order valence-electron chi connectivity index (χ4n) is 1.66. The first-order valence-corrected chi connectivity index (χ1v) is 5.23. The molecule has 0 aromatic heterocycles. The van der Waals surface area contributed by atoms with Crippen molar-refractivity contribution in [2.24, 2.45) is 0 Å². The summed E-state index contributed by atoms with van der Waals surface area (Å²) in [6, 6.07) is 6.38. The Bertz CT molecular complexity index is 342. The zero-order valence-corrected chi connectivity index (χ0v) is 9.66. The molecule has 0 aliphatic carbocycles. The van der Waals surface area contributed by atoms with E-state index >= 15 is 0 Å². The van der Waals surface area contributed by atoms with Crippen molar-refractivity contribution in [3.63, 3.8) is 0 Å². The highest BCUT2D eigenvalue weighted by Crippen LogP contribution is 2.22. The van der Waals surface area contributed by atoms with E-state index in [0.29, 0.717) is 0 Å². The Morgan fingerprint density at radius 2 is 1.73 bits per heavy atom. The van der Waals surface area contributed by atoms with Crippen LogP contribution in [-0.2, 0) is 0 Å². The summed E-state index contributed by atoms with van der Waals surface area (Å²) in [5.74, 6) is 0. The van der Waals surface area contributed by atoms with Crippen LogP contribution >= 0.6 is 0 Å². The number of hydrogen-bond donors (Lipinski definition) is 0. The zero-order chi connectivity index (χ0) is 11.3.